The van der Waals surface area contributed by atoms with Crippen molar-refractivity contribution >= 4 is 27.3 Å². The van der Waals surface area contributed by atoms with Gasteiger partial charge in [0.15, 0.2) is 0 Å². The number of thiophene rings is 1. The fraction of sp³-hybridized carbons (Fsp3) is 0.733. The molecule has 1 N–H and O–H groups in total. The highest BCUT2D eigenvalue weighted by Gasteiger charge is 2.31. The summed E-state index contributed by atoms with van der Waals surface area (Å²) in [5, 5.41) is 5.95. The van der Waals surface area contributed by atoms with E-state index in [1.165, 1.54) is 41.5 Å². The maximum Gasteiger partial charge on any atom is 0.0446 e. The van der Waals surface area contributed by atoms with E-state index < -0.39 is 0 Å². The van der Waals surface area contributed by atoms with Crippen LogP contribution in [-0.2, 0) is 0 Å². The smallest absolute Gasteiger partial charge is 0.0446 e. The van der Waals surface area contributed by atoms with E-state index in [2.05, 4.69) is 46.5 Å². The van der Waals surface area contributed by atoms with E-state index in [4.69, 9.17) is 0 Å². The van der Waals surface area contributed by atoms with Gasteiger partial charge in [-0.2, -0.15) is 0 Å². The average Bonchev–Trinajstić information content (AvgIpc) is 2.82. The van der Waals surface area contributed by atoms with Crippen molar-refractivity contribution in [3.8, 4) is 0 Å². The van der Waals surface area contributed by atoms with Crippen molar-refractivity contribution < 1.29 is 0 Å². The Morgan fingerprint density at radius 3 is 2.78 bits per heavy atom. The van der Waals surface area contributed by atoms with Crippen molar-refractivity contribution in [3.05, 3.63) is 20.8 Å². The fourth-order valence-corrected chi connectivity index (χ4v) is 4.95. The third-order valence-corrected chi connectivity index (χ3v) is 6.02. The molecular weight excluding hydrogens is 306 g/mol. The van der Waals surface area contributed by atoms with Gasteiger partial charge in [0, 0.05) is 20.8 Å². The highest BCUT2D eigenvalue weighted by molar-refractivity contribution is 9.10. The van der Waals surface area contributed by atoms with Crippen LogP contribution in [0.5, 0.6) is 0 Å². The topological polar surface area (TPSA) is 12.0 Å². The number of hydrogen-bond donors (Lipinski definition) is 1. The Labute approximate surface area is 123 Å². The van der Waals surface area contributed by atoms with Gasteiger partial charge in [-0.15, -0.1) is 11.3 Å². The summed E-state index contributed by atoms with van der Waals surface area (Å²) in [4.78, 5) is 1.51. The lowest BCUT2D eigenvalue weighted by atomic mass is 9.73. The zero-order chi connectivity index (χ0) is 13.0. The summed E-state index contributed by atoms with van der Waals surface area (Å²) < 4.78 is 1.23. The minimum Gasteiger partial charge on any atom is -0.309 e. The van der Waals surface area contributed by atoms with E-state index in [9.17, 15) is 0 Å². The molecule has 3 unspecified atom stereocenters. The predicted molar refractivity (Wildman–Crippen MR) is 84.2 cm³/mol. The highest BCUT2D eigenvalue weighted by atomic mass is 79.9. The van der Waals surface area contributed by atoms with Crippen LogP contribution in [0.3, 0.4) is 0 Å². The Bertz CT molecular complexity index is 363. The Kier molecular flexibility index (Phi) is 5.71. The molecule has 1 aromatic rings. The molecule has 0 radical (unpaired) electrons. The van der Waals surface area contributed by atoms with Gasteiger partial charge >= 0.3 is 0 Å². The number of nitrogens with one attached hydrogen (secondary N) is 1. The van der Waals surface area contributed by atoms with Crippen LogP contribution >= 0.6 is 27.3 Å². The molecule has 0 amide bonds. The molecule has 18 heavy (non-hydrogen) atoms. The van der Waals surface area contributed by atoms with Crippen molar-refractivity contribution in [2.24, 2.45) is 11.8 Å². The second kappa shape index (κ2) is 7.06. The van der Waals surface area contributed by atoms with Gasteiger partial charge in [0.2, 0.25) is 0 Å². The summed E-state index contributed by atoms with van der Waals surface area (Å²) in [5.41, 5.74) is 0. The van der Waals surface area contributed by atoms with Crippen molar-refractivity contribution in [1.82, 2.24) is 5.32 Å². The van der Waals surface area contributed by atoms with Crippen molar-refractivity contribution in [1.29, 1.82) is 0 Å². The normalized spacial score (nSPS) is 26.2. The number of rotatable bonds is 5. The molecule has 0 spiro atoms. The summed E-state index contributed by atoms with van der Waals surface area (Å²) in [6, 6.07) is 2.87. The van der Waals surface area contributed by atoms with Gasteiger partial charge in [-0.1, -0.05) is 39.5 Å². The highest BCUT2D eigenvalue weighted by Crippen LogP contribution is 2.42. The standard InChI is InChI=1S/C15H24BrNS/c1-3-11-7-5-6-8-13(11)15(17-4-2)14-9-12(16)10-18-14/h9-11,13,15,17H,3-8H2,1-2H3. The lowest BCUT2D eigenvalue weighted by Crippen LogP contribution is -2.33. The molecule has 0 aromatic carbocycles. The first-order valence-electron chi connectivity index (χ1n) is 7.23. The van der Waals surface area contributed by atoms with E-state index in [1.54, 1.807) is 0 Å². The van der Waals surface area contributed by atoms with E-state index >= 15 is 0 Å². The van der Waals surface area contributed by atoms with E-state index in [1.807, 2.05) is 11.3 Å². The van der Waals surface area contributed by atoms with Crippen LogP contribution in [0.4, 0.5) is 0 Å². The summed E-state index contributed by atoms with van der Waals surface area (Å²) >= 11 is 5.48. The van der Waals surface area contributed by atoms with E-state index in [0.717, 1.165) is 18.4 Å². The van der Waals surface area contributed by atoms with Gasteiger partial charge in [-0.25, -0.2) is 0 Å². The Hall–Kier alpha value is 0.140. The third-order valence-electron chi connectivity index (χ3n) is 4.24. The zero-order valence-corrected chi connectivity index (χ0v) is 13.8. The second-order valence-electron chi connectivity index (χ2n) is 5.32. The number of halogens is 1. The van der Waals surface area contributed by atoms with E-state index in [-0.39, 0.29) is 0 Å². The van der Waals surface area contributed by atoms with Crippen molar-refractivity contribution in [2.75, 3.05) is 6.54 Å². The van der Waals surface area contributed by atoms with Crippen LogP contribution in [-0.4, -0.2) is 6.54 Å². The molecule has 1 saturated carbocycles. The van der Waals surface area contributed by atoms with Crippen LogP contribution in [0.2, 0.25) is 0 Å². The molecule has 3 heteroatoms. The fourth-order valence-electron chi connectivity index (χ4n) is 3.36. The minimum absolute atomic E-state index is 0.566. The maximum absolute atomic E-state index is 3.74. The Morgan fingerprint density at radius 1 is 1.39 bits per heavy atom. The van der Waals surface area contributed by atoms with Crippen molar-refractivity contribution in [2.45, 2.75) is 52.0 Å². The molecule has 1 aromatic heterocycles. The molecule has 102 valence electrons. The molecule has 1 heterocycles. The van der Waals surface area contributed by atoms with Crippen LogP contribution in [0.15, 0.2) is 15.9 Å². The Balaban J connectivity index is 2.17. The van der Waals surface area contributed by atoms with Crippen molar-refractivity contribution in [3.63, 3.8) is 0 Å². The molecule has 2 rings (SSSR count). The average molecular weight is 330 g/mol. The molecule has 0 saturated heterocycles. The van der Waals surface area contributed by atoms with Crippen LogP contribution in [0.1, 0.15) is 56.9 Å². The molecule has 0 bridgehead atoms. The largest absolute Gasteiger partial charge is 0.309 e. The van der Waals surface area contributed by atoms with E-state index in [0.29, 0.717) is 6.04 Å². The SMILES string of the molecule is CCNC(c1cc(Br)cs1)C1CCCCC1CC. The van der Waals surface area contributed by atoms with Crippen LogP contribution in [0, 0.1) is 11.8 Å². The summed E-state index contributed by atoms with van der Waals surface area (Å²) in [6.07, 6.45) is 7.00. The molecule has 1 nitrogen and oxygen atoms in total. The molecule has 0 aliphatic heterocycles. The molecule has 1 fully saturated rings. The summed E-state index contributed by atoms with van der Waals surface area (Å²) in [5.74, 6) is 1.73. The first kappa shape index (κ1) is 14.5. The second-order valence-corrected chi connectivity index (χ2v) is 7.18. The van der Waals surface area contributed by atoms with Gasteiger partial charge in [0.1, 0.15) is 0 Å². The van der Waals surface area contributed by atoms with Gasteiger partial charge in [0.05, 0.1) is 0 Å². The van der Waals surface area contributed by atoms with Gasteiger partial charge in [0.25, 0.3) is 0 Å². The predicted octanol–water partition coefficient (Wildman–Crippen LogP) is 5.38. The van der Waals surface area contributed by atoms with Gasteiger partial charge < -0.3 is 5.32 Å². The van der Waals surface area contributed by atoms with Gasteiger partial charge in [-0.05, 0) is 46.8 Å². The van der Waals surface area contributed by atoms with Gasteiger partial charge in [-0.3, -0.25) is 0 Å². The van der Waals surface area contributed by atoms with Crippen LogP contribution < -0.4 is 5.32 Å². The monoisotopic (exact) mass is 329 g/mol. The minimum atomic E-state index is 0.566. The lowest BCUT2D eigenvalue weighted by Gasteiger charge is -2.37. The Morgan fingerprint density at radius 2 is 2.17 bits per heavy atom. The number of hydrogen-bond acceptors (Lipinski definition) is 2. The molecule has 3 atom stereocenters. The first-order valence-corrected chi connectivity index (χ1v) is 8.90. The maximum atomic E-state index is 3.74. The molecule has 1 aliphatic rings. The summed E-state index contributed by atoms with van der Waals surface area (Å²) in [7, 11) is 0. The van der Waals surface area contributed by atoms with Crippen LogP contribution in [0.25, 0.3) is 0 Å². The molecular formula is C15H24BrNS. The first-order chi connectivity index (χ1) is 8.76. The summed E-state index contributed by atoms with van der Waals surface area (Å²) in [6.45, 7) is 5.64. The zero-order valence-electron chi connectivity index (χ0n) is 11.4. The lowest BCUT2D eigenvalue weighted by molar-refractivity contribution is 0.178. The molecule has 1 aliphatic carbocycles. The third kappa shape index (κ3) is 3.37. The quantitative estimate of drug-likeness (QED) is 0.764.